The van der Waals surface area contributed by atoms with E-state index < -0.39 is 76.7 Å². The molecule has 29 nitrogen and oxygen atoms in total. The van der Waals surface area contributed by atoms with E-state index in [1.165, 1.54) is 56.8 Å². The Morgan fingerprint density at radius 2 is 1.05 bits per heavy atom. The zero-order chi connectivity index (χ0) is 55.3. The number of ether oxygens (including phenoxy) is 9. The molecule has 4 aliphatic heterocycles. The zero-order valence-electron chi connectivity index (χ0n) is 45.3. The van der Waals surface area contributed by atoms with E-state index in [1.54, 1.807) is 80.5 Å². The number of methoxy groups -OCH3 is 4. The molecular weight excluding hydrogens is 1000 g/mol. The topological polar surface area (TPSA) is 380 Å². The molecular formula is C45H70N12NaO17-. The molecule has 414 valence electrons. The predicted octanol–water partition coefficient (Wildman–Crippen LogP) is -0.970. The van der Waals surface area contributed by atoms with Gasteiger partial charge >= 0.3 is 89.5 Å². The van der Waals surface area contributed by atoms with Gasteiger partial charge in [-0.2, -0.15) is 6.61 Å². The quantitative estimate of drug-likeness (QED) is 0.124. The fourth-order valence-corrected chi connectivity index (χ4v) is 5.55. The molecule has 6 rings (SSSR count). The molecule has 0 bridgehead atoms. The van der Waals surface area contributed by atoms with E-state index in [9.17, 15) is 38.7 Å². The normalized spacial score (nSPS) is 17.4. The van der Waals surface area contributed by atoms with E-state index in [1.807, 2.05) is 6.61 Å². The van der Waals surface area contributed by atoms with Crippen molar-refractivity contribution in [2.75, 3.05) is 55.2 Å². The average molecular weight is 1070 g/mol. The number of hydrogen-bond acceptors (Lipinski definition) is 24. The molecule has 0 saturated carbocycles. The second-order valence-electron chi connectivity index (χ2n) is 18.3. The van der Waals surface area contributed by atoms with Crippen molar-refractivity contribution in [1.29, 1.82) is 0 Å². The van der Waals surface area contributed by atoms with Crippen LogP contribution in [-0.2, 0) is 33.3 Å². The van der Waals surface area contributed by atoms with Crippen LogP contribution >= 0.6 is 0 Å². The number of amides is 4. The average Bonchev–Trinajstić information content (AvgIpc) is 4.11. The molecule has 4 aliphatic rings. The summed E-state index contributed by atoms with van der Waals surface area (Å²) in [4.78, 5) is 106. The number of carboxylic acid groups (broad SMARTS) is 1. The molecule has 3 atom stereocenters. The van der Waals surface area contributed by atoms with Crippen LogP contribution in [0.3, 0.4) is 0 Å². The number of nitrogens with zero attached hydrogens (tertiary/aromatic N) is 9. The number of carbonyl (C=O) groups is 6. The van der Waals surface area contributed by atoms with Crippen LogP contribution in [0.2, 0.25) is 0 Å². The molecule has 0 aliphatic carbocycles. The third kappa shape index (κ3) is 25.4. The monoisotopic (exact) mass is 1070 g/mol. The number of carboxylic acids is 1. The molecule has 2 aromatic rings. The predicted molar refractivity (Wildman–Crippen MR) is 258 cm³/mol. The summed E-state index contributed by atoms with van der Waals surface area (Å²) in [5.74, 6) is -2.51. The molecule has 30 heteroatoms. The van der Waals surface area contributed by atoms with Crippen molar-refractivity contribution in [3.8, 4) is 30.1 Å². The molecule has 0 radical (unpaired) electrons. The molecule has 75 heavy (non-hydrogen) atoms. The number of morpholine rings is 1. The Hall–Kier alpha value is -6.66. The smallest absolute Gasteiger partial charge is 0.550 e. The van der Waals surface area contributed by atoms with Crippen molar-refractivity contribution in [1.82, 2.24) is 55.7 Å². The van der Waals surface area contributed by atoms with Crippen molar-refractivity contribution in [3.05, 3.63) is 53.9 Å². The number of hydrogen-bond donors (Lipinski definition) is 3. The molecule has 0 aromatic carbocycles. The Kier molecular flexibility index (Phi) is 29.1. The Labute approximate surface area is 457 Å². The van der Waals surface area contributed by atoms with Gasteiger partial charge in [0, 0.05) is 31.8 Å². The van der Waals surface area contributed by atoms with Crippen LogP contribution in [-0.4, -0.2) is 176 Å². The molecule has 2 aromatic heterocycles. The minimum absolute atomic E-state index is 0. The van der Waals surface area contributed by atoms with Crippen LogP contribution in [0.15, 0.2) is 41.6 Å². The number of esters is 1. The third-order valence-corrected chi connectivity index (χ3v) is 8.78. The first kappa shape index (κ1) is 68.3. The summed E-state index contributed by atoms with van der Waals surface area (Å²) < 4.78 is 44.6. The summed E-state index contributed by atoms with van der Waals surface area (Å²) in [5, 5.41) is 10.7. The Morgan fingerprint density at radius 3 is 1.41 bits per heavy atom. The van der Waals surface area contributed by atoms with Crippen molar-refractivity contribution in [3.63, 3.8) is 0 Å². The number of H-pyrrole nitrogens is 1. The number of nitrogens with one attached hydrogen (secondary N) is 1. The van der Waals surface area contributed by atoms with Gasteiger partial charge in [0.15, 0.2) is 0 Å². The number of primary amides is 1. The van der Waals surface area contributed by atoms with E-state index in [0.29, 0.717) is 6.42 Å². The van der Waals surface area contributed by atoms with Crippen LogP contribution in [0.25, 0.3) is 0 Å². The fourth-order valence-electron chi connectivity index (χ4n) is 5.55. The van der Waals surface area contributed by atoms with Crippen molar-refractivity contribution < 1.29 is 106 Å². The minimum atomic E-state index is -1.27. The largest absolute Gasteiger partial charge is 1.00 e. The maximum absolute atomic E-state index is 12.4. The number of carbonyl (C=O) groups excluding carboxylic acids is 6. The summed E-state index contributed by atoms with van der Waals surface area (Å²) in [6, 6.07) is -2.77. The number of rotatable bonds is 8. The number of nitrogens with two attached hydrogens (primary N) is 1. The van der Waals surface area contributed by atoms with E-state index >= 15 is 0 Å². The number of likely N-dealkylation sites (N-methyl/N-ethyl adjacent to an activating group) is 1. The molecule has 6 N–H and O–H groups in total. The van der Waals surface area contributed by atoms with Crippen molar-refractivity contribution in [2.45, 2.75) is 117 Å². The third-order valence-electron chi connectivity index (χ3n) is 8.78. The number of aromatic nitrogens is 6. The van der Waals surface area contributed by atoms with E-state index in [2.05, 4.69) is 51.3 Å². The first-order valence-corrected chi connectivity index (χ1v) is 22.3. The van der Waals surface area contributed by atoms with Gasteiger partial charge < -0.3 is 69.3 Å². The van der Waals surface area contributed by atoms with Gasteiger partial charge in [-0.1, -0.05) is 18.2 Å². The van der Waals surface area contributed by atoms with Crippen molar-refractivity contribution in [2.24, 2.45) is 5.73 Å². The first-order valence-electron chi connectivity index (χ1n) is 22.3. The fraction of sp³-hybridized carbons (Fsp3) is 0.578. The van der Waals surface area contributed by atoms with Crippen molar-refractivity contribution >= 4 is 36.1 Å². The van der Waals surface area contributed by atoms with Crippen LogP contribution in [0.4, 0.5) is 14.4 Å². The van der Waals surface area contributed by atoms with Gasteiger partial charge in [0.2, 0.25) is 5.91 Å². The van der Waals surface area contributed by atoms with Gasteiger partial charge in [-0.3, -0.25) is 24.5 Å². The zero-order valence-corrected chi connectivity index (χ0v) is 47.3. The summed E-state index contributed by atoms with van der Waals surface area (Å²) in [6.07, 6.45) is 8.58. The van der Waals surface area contributed by atoms with Gasteiger partial charge in [-0.05, 0) is 88.6 Å². The summed E-state index contributed by atoms with van der Waals surface area (Å²) in [7, 11) is 7.54. The van der Waals surface area contributed by atoms with Crippen LogP contribution in [0.1, 0.15) is 81.6 Å². The molecule has 1 saturated heterocycles. The Morgan fingerprint density at radius 1 is 0.653 bits per heavy atom. The second-order valence-corrected chi connectivity index (χ2v) is 18.3. The maximum Gasteiger partial charge on any atom is 1.00 e. The van der Waals surface area contributed by atoms with Crippen LogP contribution in [0.5, 0.6) is 30.1 Å². The second kappa shape index (κ2) is 31.9. The van der Waals surface area contributed by atoms with Crippen LogP contribution < -0.4 is 75.9 Å². The van der Waals surface area contributed by atoms with Gasteiger partial charge in [0.05, 0.1) is 40.5 Å². The van der Waals surface area contributed by atoms with Gasteiger partial charge in [-0.25, -0.2) is 24.0 Å². The molecule has 1 fully saturated rings. The van der Waals surface area contributed by atoms with Crippen LogP contribution in [0, 0.1) is 6.61 Å². The molecule has 0 spiro atoms. The van der Waals surface area contributed by atoms with E-state index in [0.717, 1.165) is 24.6 Å². The maximum atomic E-state index is 12.4. The standard InChI is InChI=1S/C15H20N4O6.C10H16N2O3.C10H15NO4.C5H7N3O3.C5H10NO.H3N.Na/c1-15(2,3)25-14(21)19-8-6-7-9(19)10(20)24-13-17-11(22-4)16-12(18-13)23-5;1-10(2,3)15-9(14)12-6-4-5-7(12)8(11)13;1-10(2,3)15-9(14)11-6-4-5-7(11)8(12)13;1-10-4-6-3(9)7-5(8-4)11-2;1-6-2-4-7-5-3-6;;/h6,8-9H,7H2,1-5H3;4,6-7H,5H2,1-3H3,(H2,11,13);4,6-7H,5H2,1-3H3,(H,12,13);1-2H3,(H,6,7,8,9);4H,2-3,5H2,1H3;1H3;/q;;;;-1;;+1/p-1/t9-;;7-;;;;/m0.0..../s1. The summed E-state index contributed by atoms with van der Waals surface area (Å²) >= 11 is 0. The molecule has 1 unspecified atom stereocenters. The SMILES string of the molecule is CC(C)(C)OC(=O)N1C=CCC1C(N)=O.CC(C)(C)OC(=O)N1C=CC[C@H]1C(=O)[O-].CN1C[CH-]OCC1.COc1nc(OC)[nH]c(=O)n1.COc1nc(OC)nc(OC(=O)[C@@H]2CC=CN2C(=O)OC(C)(C)C)n1.N.[Na+]. The molecule has 4 amide bonds. The van der Waals surface area contributed by atoms with Gasteiger partial charge in [-0.15, -0.1) is 31.5 Å². The minimum Gasteiger partial charge on any atom is -0.550 e. The summed E-state index contributed by atoms with van der Waals surface area (Å²) in [5.41, 5.74) is 2.72. The summed E-state index contributed by atoms with van der Waals surface area (Å²) in [6.45, 7) is 20.4. The van der Waals surface area contributed by atoms with E-state index in [4.69, 9.17) is 38.9 Å². The number of aliphatic carboxylic acids is 1. The van der Waals surface area contributed by atoms with Gasteiger partial charge in [0.25, 0.3) is 0 Å². The first-order chi connectivity index (χ1) is 34.0. The van der Waals surface area contributed by atoms with E-state index in [-0.39, 0.29) is 78.6 Å². The molecule has 6 heterocycles. The van der Waals surface area contributed by atoms with Gasteiger partial charge in [0.1, 0.15) is 28.9 Å². The Balaban J connectivity index is 0.000000958. The Bertz CT molecular complexity index is 2220. The number of aromatic amines is 1.